The van der Waals surface area contributed by atoms with Crippen LogP contribution >= 0.6 is 11.3 Å². The average Bonchev–Trinajstić information content (AvgIpc) is 2.82. The summed E-state index contributed by atoms with van der Waals surface area (Å²) in [5.74, 6) is -0.947. The Morgan fingerprint density at radius 2 is 2.08 bits per heavy atom. The Balaban J connectivity index is 3.04. The highest BCUT2D eigenvalue weighted by Crippen LogP contribution is 2.38. The number of halogens is 1. The zero-order chi connectivity index (χ0) is 18.5. The molecule has 0 unspecified atom stereocenters. The smallest absolute Gasteiger partial charge is 0.308 e. The van der Waals surface area contributed by atoms with E-state index in [0.29, 0.717) is 5.69 Å². The van der Waals surface area contributed by atoms with E-state index in [1.165, 1.54) is 17.4 Å². The highest BCUT2D eigenvalue weighted by atomic mass is 32.1. The summed E-state index contributed by atoms with van der Waals surface area (Å²) in [6, 6.07) is 0. The van der Waals surface area contributed by atoms with Gasteiger partial charge in [0.1, 0.15) is 11.9 Å². The molecule has 1 aromatic heterocycles. The second kappa shape index (κ2) is 8.36. The van der Waals surface area contributed by atoms with Gasteiger partial charge in [0.2, 0.25) is 0 Å². The molecule has 0 aliphatic carbocycles. The number of ether oxygens (including phenoxy) is 1. The molecule has 0 amide bonds. The van der Waals surface area contributed by atoms with Crippen molar-refractivity contribution in [2.24, 2.45) is 0 Å². The molecule has 0 fully saturated rings. The first-order valence-electron chi connectivity index (χ1n) is 8.09. The van der Waals surface area contributed by atoms with Crippen LogP contribution < -0.4 is 0 Å². The molecule has 4 nitrogen and oxygen atoms in total. The lowest BCUT2D eigenvalue weighted by atomic mass is 10.2. The van der Waals surface area contributed by atoms with Crippen LogP contribution in [0.15, 0.2) is 11.2 Å². The second-order valence-electron chi connectivity index (χ2n) is 7.20. The van der Waals surface area contributed by atoms with Crippen molar-refractivity contribution < 1.29 is 18.3 Å². The van der Waals surface area contributed by atoms with Crippen molar-refractivity contribution in [3.8, 4) is 0 Å². The fourth-order valence-electron chi connectivity index (χ4n) is 1.78. The standard InChI is InChI=1S/C17H28FNO3SSi/c1-8-21-16(20)10-15(22-24(6,7)17(3,4)5)14(18)9-13-11-23-12(2)19-13/h9,11,15H,8,10H2,1-7H3/t15-/m0/s1. The molecule has 0 aromatic carbocycles. The largest absolute Gasteiger partial charge is 0.466 e. The van der Waals surface area contributed by atoms with Crippen LogP contribution in [0, 0.1) is 6.92 Å². The Hall–Kier alpha value is -1.05. The zero-order valence-electron chi connectivity index (χ0n) is 15.6. The van der Waals surface area contributed by atoms with Gasteiger partial charge in [-0.1, -0.05) is 20.8 Å². The summed E-state index contributed by atoms with van der Waals surface area (Å²) in [5.41, 5.74) is 0.544. The second-order valence-corrected chi connectivity index (χ2v) is 13.0. The van der Waals surface area contributed by atoms with E-state index in [9.17, 15) is 9.18 Å². The van der Waals surface area contributed by atoms with Gasteiger partial charge in [0.25, 0.3) is 0 Å². The number of hydrogen-bond donors (Lipinski definition) is 0. The molecule has 0 aliphatic rings. The molecule has 24 heavy (non-hydrogen) atoms. The van der Waals surface area contributed by atoms with Gasteiger partial charge in [-0.3, -0.25) is 4.79 Å². The van der Waals surface area contributed by atoms with Gasteiger partial charge in [-0.05, 0) is 38.1 Å². The molecule has 1 rings (SSSR count). The number of aryl methyl sites for hydroxylation is 1. The monoisotopic (exact) mass is 373 g/mol. The molecular formula is C17H28FNO3SSi. The molecular weight excluding hydrogens is 345 g/mol. The van der Waals surface area contributed by atoms with Crippen LogP contribution in [0.1, 0.15) is 44.8 Å². The third-order valence-corrected chi connectivity index (χ3v) is 9.41. The number of carbonyl (C=O) groups excluding carboxylic acids is 1. The Bertz CT molecular complexity index is 593. The molecule has 1 aromatic rings. The van der Waals surface area contributed by atoms with E-state index in [4.69, 9.17) is 9.16 Å². The Labute approximate surface area is 149 Å². The number of nitrogens with zero attached hydrogens (tertiary/aromatic N) is 1. The maximum absolute atomic E-state index is 14.8. The lowest BCUT2D eigenvalue weighted by molar-refractivity contribution is -0.144. The van der Waals surface area contributed by atoms with Crippen molar-refractivity contribution in [3.05, 3.63) is 21.9 Å². The summed E-state index contributed by atoms with van der Waals surface area (Å²) >= 11 is 1.45. The number of thiazole rings is 1. The summed E-state index contributed by atoms with van der Waals surface area (Å²) in [7, 11) is -2.24. The highest BCUT2D eigenvalue weighted by Gasteiger charge is 2.40. The van der Waals surface area contributed by atoms with Gasteiger partial charge in [0.05, 0.1) is 23.7 Å². The first kappa shape index (κ1) is 21.0. The van der Waals surface area contributed by atoms with Gasteiger partial charge >= 0.3 is 5.97 Å². The Kier molecular flexibility index (Phi) is 7.31. The topological polar surface area (TPSA) is 48.4 Å². The fourth-order valence-corrected chi connectivity index (χ4v) is 3.61. The van der Waals surface area contributed by atoms with Crippen LogP contribution in [-0.4, -0.2) is 32.0 Å². The molecule has 0 spiro atoms. The molecule has 0 aliphatic heterocycles. The van der Waals surface area contributed by atoms with Crippen molar-refractivity contribution in [3.63, 3.8) is 0 Å². The van der Waals surface area contributed by atoms with Gasteiger partial charge in [0, 0.05) is 5.38 Å². The normalized spacial score (nSPS) is 14.6. The molecule has 0 saturated carbocycles. The summed E-state index contributed by atoms with van der Waals surface area (Å²) < 4.78 is 25.9. The van der Waals surface area contributed by atoms with Gasteiger partial charge in [-0.25, -0.2) is 9.37 Å². The van der Waals surface area contributed by atoms with Gasteiger partial charge in [0.15, 0.2) is 8.32 Å². The first-order chi connectivity index (χ1) is 11.0. The summed E-state index contributed by atoms with van der Waals surface area (Å²) in [5, 5.41) is 2.56. The molecule has 7 heteroatoms. The van der Waals surface area contributed by atoms with Crippen molar-refractivity contribution in [2.75, 3.05) is 6.61 Å². The predicted octanol–water partition coefficient (Wildman–Crippen LogP) is 5.11. The fraction of sp³-hybridized carbons (Fsp3) is 0.647. The average molecular weight is 374 g/mol. The van der Waals surface area contributed by atoms with E-state index < -0.39 is 26.2 Å². The third kappa shape index (κ3) is 6.11. The molecule has 0 N–H and O–H groups in total. The van der Waals surface area contributed by atoms with Crippen LogP contribution in [0.4, 0.5) is 4.39 Å². The quantitative estimate of drug-likeness (QED) is 0.492. The number of aromatic nitrogens is 1. The maximum Gasteiger partial charge on any atom is 0.308 e. The van der Waals surface area contributed by atoms with Gasteiger partial charge < -0.3 is 9.16 Å². The summed E-state index contributed by atoms with van der Waals surface area (Å²) in [6.07, 6.45) is 0.277. The molecule has 1 heterocycles. The lowest BCUT2D eigenvalue weighted by Gasteiger charge is -2.38. The van der Waals surface area contributed by atoms with E-state index in [1.807, 2.05) is 20.0 Å². The van der Waals surface area contributed by atoms with Gasteiger partial charge in [-0.15, -0.1) is 11.3 Å². The zero-order valence-corrected chi connectivity index (χ0v) is 17.4. The number of hydrogen-bond acceptors (Lipinski definition) is 5. The van der Waals surface area contributed by atoms with Crippen LogP contribution in [0.3, 0.4) is 0 Å². The van der Waals surface area contributed by atoms with Crippen molar-refractivity contribution >= 4 is 31.7 Å². The van der Waals surface area contributed by atoms with Crippen molar-refractivity contribution in [1.82, 2.24) is 4.98 Å². The molecule has 1 atom stereocenters. The van der Waals surface area contributed by atoms with E-state index in [2.05, 4.69) is 25.8 Å². The Morgan fingerprint density at radius 3 is 2.54 bits per heavy atom. The van der Waals surface area contributed by atoms with E-state index in [0.717, 1.165) is 5.01 Å². The SMILES string of the molecule is CCOC(=O)C[C@H](O[Si](C)(C)C(C)(C)C)C(F)=Cc1csc(C)n1. The van der Waals surface area contributed by atoms with Crippen molar-refractivity contribution in [2.45, 2.75) is 65.3 Å². The number of rotatable bonds is 7. The van der Waals surface area contributed by atoms with Crippen LogP contribution in [0.25, 0.3) is 6.08 Å². The Morgan fingerprint density at radius 1 is 1.46 bits per heavy atom. The molecule has 0 bridgehead atoms. The van der Waals surface area contributed by atoms with Crippen LogP contribution in [0.5, 0.6) is 0 Å². The van der Waals surface area contributed by atoms with Crippen LogP contribution in [0.2, 0.25) is 18.1 Å². The number of esters is 1. The summed E-state index contributed by atoms with van der Waals surface area (Å²) in [6.45, 7) is 14.2. The van der Waals surface area contributed by atoms with Crippen LogP contribution in [-0.2, 0) is 14.0 Å². The van der Waals surface area contributed by atoms with Gasteiger partial charge in [-0.2, -0.15) is 0 Å². The van der Waals surface area contributed by atoms with E-state index in [1.54, 1.807) is 12.3 Å². The maximum atomic E-state index is 14.8. The minimum Gasteiger partial charge on any atom is -0.466 e. The third-order valence-electron chi connectivity index (χ3n) is 4.13. The molecule has 136 valence electrons. The highest BCUT2D eigenvalue weighted by molar-refractivity contribution is 7.09. The van der Waals surface area contributed by atoms with E-state index >= 15 is 0 Å². The molecule has 0 radical (unpaired) electrons. The van der Waals surface area contributed by atoms with E-state index in [-0.39, 0.29) is 18.1 Å². The predicted molar refractivity (Wildman–Crippen MR) is 99.3 cm³/mol. The number of carbonyl (C=O) groups is 1. The van der Waals surface area contributed by atoms with Crippen molar-refractivity contribution in [1.29, 1.82) is 0 Å². The first-order valence-corrected chi connectivity index (χ1v) is 11.9. The molecule has 0 saturated heterocycles. The minimum atomic E-state index is -2.24. The minimum absolute atomic E-state index is 0.0859. The lowest BCUT2D eigenvalue weighted by Crippen LogP contribution is -2.44. The summed E-state index contributed by atoms with van der Waals surface area (Å²) in [4.78, 5) is 16.1.